The topological polar surface area (TPSA) is 33.4 Å². The molecule has 1 heterocycles. The van der Waals surface area contributed by atoms with E-state index in [4.69, 9.17) is 4.42 Å². The lowest BCUT2D eigenvalue weighted by Gasteiger charge is -2.15. The van der Waals surface area contributed by atoms with Gasteiger partial charge < -0.3 is 9.52 Å². The van der Waals surface area contributed by atoms with Gasteiger partial charge in [0.1, 0.15) is 23.3 Å². The van der Waals surface area contributed by atoms with Crippen LogP contribution in [0.15, 0.2) is 59.0 Å². The first-order chi connectivity index (χ1) is 10.1. The Hall–Kier alpha value is -2.13. The van der Waals surface area contributed by atoms with Crippen LogP contribution in [0.2, 0.25) is 0 Å². The van der Waals surface area contributed by atoms with E-state index in [1.54, 1.807) is 12.1 Å². The molecule has 0 aliphatic rings. The smallest absolute Gasteiger partial charge is 0.134 e. The molecule has 1 N–H and O–H groups in total. The molecule has 0 aliphatic carbocycles. The fourth-order valence-electron chi connectivity index (χ4n) is 2.57. The predicted molar refractivity (Wildman–Crippen MR) is 80.6 cm³/mol. The number of hydrogen-bond acceptors (Lipinski definition) is 2. The quantitative estimate of drug-likeness (QED) is 0.746. The normalized spacial score (nSPS) is 14.2. The second kappa shape index (κ2) is 5.70. The first-order valence-corrected chi connectivity index (χ1v) is 7.05. The maximum atomic E-state index is 13.2. The van der Waals surface area contributed by atoms with E-state index in [1.165, 1.54) is 17.7 Å². The van der Waals surface area contributed by atoms with Gasteiger partial charge in [-0.05, 0) is 42.2 Å². The van der Waals surface area contributed by atoms with E-state index in [0.29, 0.717) is 23.2 Å². The summed E-state index contributed by atoms with van der Waals surface area (Å²) in [4.78, 5) is 0. The Balaban J connectivity index is 1.79. The van der Waals surface area contributed by atoms with Crippen LogP contribution in [0.4, 0.5) is 4.39 Å². The van der Waals surface area contributed by atoms with Crippen LogP contribution in [-0.2, 0) is 0 Å². The molecule has 2 unspecified atom stereocenters. The molecule has 0 aliphatic heterocycles. The minimum atomic E-state index is -0.698. The molecule has 0 amide bonds. The van der Waals surface area contributed by atoms with Crippen molar-refractivity contribution in [3.63, 3.8) is 0 Å². The molecule has 0 saturated heterocycles. The van der Waals surface area contributed by atoms with Crippen molar-refractivity contribution in [1.29, 1.82) is 0 Å². The van der Waals surface area contributed by atoms with Gasteiger partial charge in [0.05, 0.1) is 0 Å². The summed E-state index contributed by atoms with van der Waals surface area (Å²) in [6.07, 6.45) is -0.137. The van der Waals surface area contributed by atoms with Gasteiger partial charge in [0, 0.05) is 5.39 Å². The maximum Gasteiger partial charge on any atom is 0.134 e. The number of fused-ring (bicyclic) bond motifs is 1. The Bertz CT molecular complexity index is 733. The summed E-state index contributed by atoms with van der Waals surface area (Å²) >= 11 is 0. The highest BCUT2D eigenvalue weighted by atomic mass is 19.1. The van der Waals surface area contributed by atoms with Crippen molar-refractivity contribution in [3.8, 4) is 0 Å². The molecule has 0 radical (unpaired) electrons. The Kier molecular flexibility index (Phi) is 3.76. The molecule has 3 rings (SSSR count). The molecule has 2 nitrogen and oxygen atoms in total. The number of aliphatic hydroxyl groups excluding tert-OH is 1. The molecule has 2 aromatic carbocycles. The van der Waals surface area contributed by atoms with Crippen LogP contribution in [0.3, 0.4) is 0 Å². The third-order valence-electron chi connectivity index (χ3n) is 3.77. The van der Waals surface area contributed by atoms with Crippen LogP contribution in [0, 0.1) is 5.82 Å². The number of benzene rings is 2. The molecule has 3 aromatic rings. The van der Waals surface area contributed by atoms with Gasteiger partial charge in [-0.15, -0.1) is 0 Å². The lowest BCUT2D eigenvalue weighted by Crippen LogP contribution is -2.02. The third kappa shape index (κ3) is 2.98. The van der Waals surface area contributed by atoms with Gasteiger partial charge in [-0.2, -0.15) is 0 Å². The summed E-state index contributed by atoms with van der Waals surface area (Å²) in [5, 5.41) is 11.0. The summed E-state index contributed by atoms with van der Waals surface area (Å²) in [7, 11) is 0. The van der Waals surface area contributed by atoms with Crippen molar-refractivity contribution in [2.24, 2.45) is 0 Å². The van der Waals surface area contributed by atoms with Crippen LogP contribution in [-0.4, -0.2) is 5.11 Å². The zero-order valence-electron chi connectivity index (χ0n) is 11.8. The van der Waals surface area contributed by atoms with E-state index in [1.807, 2.05) is 30.3 Å². The third-order valence-corrected chi connectivity index (χ3v) is 3.77. The van der Waals surface area contributed by atoms with Gasteiger partial charge in [-0.3, -0.25) is 0 Å². The van der Waals surface area contributed by atoms with Gasteiger partial charge in [0.15, 0.2) is 0 Å². The van der Waals surface area contributed by atoms with E-state index < -0.39 is 6.10 Å². The standard InChI is InChI=1S/C18H17FO2/c1-12(13-5-3-2-4-6-13)9-16(20)18-11-14-10-15(19)7-8-17(14)21-18/h2-8,10-12,16,20H,9H2,1H3. The number of halogens is 1. The number of rotatable bonds is 4. The molecular weight excluding hydrogens is 267 g/mol. The highest BCUT2D eigenvalue weighted by molar-refractivity contribution is 5.77. The Morgan fingerprint density at radius 2 is 1.86 bits per heavy atom. The van der Waals surface area contributed by atoms with E-state index in [2.05, 4.69) is 6.92 Å². The molecular formula is C18H17FO2. The van der Waals surface area contributed by atoms with Crippen LogP contribution in [0.25, 0.3) is 11.0 Å². The number of aliphatic hydroxyl groups is 1. The molecule has 3 heteroatoms. The maximum absolute atomic E-state index is 13.2. The lowest BCUT2D eigenvalue weighted by atomic mass is 9.94. The van der Waals surface area contributed by atoms with Gasteiger partial charge in [-0.1, -0.05) is 37.3 Å². The molecule has 0 bridgehead atoms. The molecule has 2 atom stereocenters. The largest absolute Gasteiger partial charge is 0.458 e. The van der Waals surface area contributed by atoms with Gasteiger partial charge in [0.2, 0.25) is 0 Å². The van der Waals surface area contributed by atoms with Crippen molar-refractivity contribution >= 4 is 11.0 Å². The fraction of sp³-hybridized carbons (Fsp3) is 0.222. The number of furan rings is 1. The summed E-state index contributed by atoms with van der Waals surface area (Å²) < 4.78 is 18.8. The van der Waals surface area contributed by atoms with E-state index in [0.717, 1.165) is 0 Å². The van der Waals surface area contributed by atoms with Crippen LogP contribution in [0.1, 0.15) is 36.7 Å². The van der Waals surface area contributed by atoms with Crippen molar-refractivity contribution in [2.75, 3.05) is 0 Å². The zero-order chi connectivity index (χ0) is 14.8. The highest BCUT2D eigenvalue weighted by Crippen LogP contribution is 2.31. The number of hydrogen-bond donors (Lipinski definition) is 1. The molecule has 1 aromatic heterocycles. The molecule has 0 saturated carbocycles. The van der Waals surface area contributed by atoms with E-state index in [9.17, 15) is 9.50 Å². The van der Waals surface area contributed by atoms with Gasteiger partial charge >= 0.3 is 0 Å². The Morgan fingerprint density at radius 1 is 1.10 bits per heavy atom. The zero-order valence-corrected chi connectivity index (χ0v) is 11.8. The van der Waals surface area contributed by atoms with Crippen LogP contribution < -0.4 is 0 Å². The average Bonchev–Trinajstić information content (AvgIpc) is 2.91. The Morgan fingerprint density at radius 3 is 2.62 bits per heavy atom. The van der Waals surface area contributed by atoms with E-state index in [-0.39, 0.29) is 11.7 Å². The molecule has 21 heavy (non-hydrogen) atoms. The van der Waals surface area contributed by atoms with Crippen molar-refractivity contribution in [2.45, 2.75) is 25.4 Å². The van der Waals surface area contributed by atoms with Crippen molar-refractivity contribution < 1.29 is 13.9 Å². The monoisotopic (exact) mass is 284 g/mol. The summed E-state index contributed by atoms with van der Waals surface area (Å²) in [5.74, 6) is 0.395. The first kappa shape index (κ1) is 13.8. The van der Waals surface area contributed by atoms with E-state index >= 15 is 0 Å². The minimum Gasteiger partial charge on any atom is -0.458 e. The van der Waals surface area contributed by atoms with Crippen LogP contribution in [0.5, 0.6) is 0 Å². The second-order valence-corrected chi connectivity index (χ2v) is 5.39. The Labute approximate surface area is 122 Å². The second-order valence-electron chi connectivity index (χ2n) is 5.39. The molecule has 0 spiro atoms. The molecule has 108 valence electrons. The SMILES string of the molecule is CC(CC(O)c1cc2cc(F)ccc2o1)c1ccccc1. The van der Waals surface area contributed by atoms with Crippen molar-refractivity contribution in [3.05, 3.63) is 71.7 Å². The summed E-state index contributed by atoms with van der Waals surface area (Å²) in [6, 6.07) is 16.1. The van der Waals surface area contributed by atoms with Crippen molar-refractivity contribution in [1.82, 2.24) is 0 Å². The highest BCUT2D eigenvalue weighted by Gasteiger charge is 2.17. The summed E-state index contributed by atoms with van der Waals surface area (Å²) in [5.41, 5.74) is 1.77. The predicted octanol–water partition coefficient (Wildman–Crippen LogP) is 4.80. The average molecular weight is 284 g/mol. The lowest BCUT2D eigenvalue weighted by molar-refractivity contribution is 0.135. The molecule has 0 fully saturated rings. The van der Waals surface area contributed by atoms with Crippen LogP contribution >= 0.6 is 0 Å². The minimum absolute atomic E-state index is 0.214. The van der Waals surface area contributed by atoms with Gasteiger partial charge in [-0.25, -0.2) is 4.39 Å². The summed E-state index contributed by atoms with van der Waals surface area (Å²) in [6.45, 7) is 2.07. The fourth-order valence-corrected chi connectivity index (χ4v) is 2.57. The first-order valence-electron chi connectivity index (χ1n) is 7.05. The van der Waals surface area contributed by atoms with Gasteiger partial charge in [0.25, 0.3) is 0 Å².